The zero-order valence-electron chi connectivity index (χ0n) is 16.9. The number of aryl methyl sites for hydroxylation is 2. The smallest absolute Gasteiger partial charge is 0.138 e. The Morgan fingerprint density at radius 3 is 1.84 bits per heavy atom. The van der Waals surface area contributed by atoms with Crippen LogP contribution in [0, 0.1) is 13.8 Å². The lowest BCUT2D eigenvalue weighted by Gasteiger charge is -2.25. The number of rotatable bonds is 1. The molecule has 0 amide bonds. The standard InChI is InChI=1S/C24H30O/c1-15-9-16(2)11-17(10-15)20-14-25-22-19(20)12-18(23(3,4)5)13-21(22)24(6,7)8/h9-14H,1-8H3. The van der Waals surface area contributed by atoms with Gasteiger partial charge in [-0.25, -0.2) is 0 Å². The van der Waals surface area contributed by atoms with Crippen LogP contribution < -0.4 is 0 Å². The lowest BCUT2D eigenvalue weighted by molar-refractivity contribution is 0.550. The highest BCUT2D eigenvalue weighted by atomic mass is 16.3. The molecule has 0 N–H and O–H groups in total. The van der Waals surface area contributed by atoms with Gasteiger partial charge in [0.1, 0.15) is 5.58 Å². The molecule has 3 aromatic rings. The average Bonchev–Trinajstić information content (AvgIpc) is 2.86. The summed E-state index contributed by atoms with van der Waals surface area (Å²) in [5.41, 5.74) is 8.81. The van der Waals surface area contributed by atoms with Crippen molar-refractivity contribution in [3.8, 4) is 11.1 Å². The van der Waals surface area contributed by atoms with E-state index in [-0.39, 0.29) is 10.8 Å². The monoisotopic (exact) mass is 334 g/mol. The number of hydrogen-bond acceptors (Lipinski definition) is 1. The molecule has 0 spiro atoms. The van der Waals surface area contributed by atoms with E-state index in [1.165, 1.54) is 38.8 Å². The van der Waals surface area contributed by atoms with E-state index >= 15 is 0 Å². The topological polar surface area (TPSA) is 13.1 Å². The van der Waals surface area contributed by atoms with Crippen LogP contribution in [0.3, 0.4) is 0 Å². The lowest BCUT2D eigenvalue weighted by atomic mass is 9.79. The molecule has 1 nitrogen and oxygen atoms in total. The van der Waals surface area contributed by atoms with Crippen LogP contribution in [-0.4, -0.2) is 0 Å². The van der Waals surface area contributed by atoms with Crippen molar-refractivity contribution in [2.45, 2.75) is 66.2 Å². The minimum atomic E-state index is 0.0388. The third kappa shape index (κ3) is 3.38. The maximum absolute atomic E-state index is 6.11. The Morgan fingerprint density at radius 2 is 1.32 bits per heavy atom. The maximum atomic E-state index is 6.11. The molecule has 1 heterocycles. The summed E-state index contributed by atoms with van der Waals surface area (Å²) in [5, 5.41) is 1.22. The second-order valence-electron chi connectivity index (χ2n) is 9.43. The van der Waals surface area contributed by atoms with Crippen molar-refractivity contribution in [3.63, 3.8) is 0 Å². The molecule has 0 unspecified atom stereocenters. The molecular weight excluding hydrogens is 304 g/mol. The fraction of sp³-hybridized carbons (Fsp3) is 0.417. The van der Waals surface area contributed by atoms with Crippen LogP contribution in [0.4, 0.5) is 0 Å². The Bertz CT molecular complexity index is 907. The zero-order chi connectivity index (χ0) is 18.6. The largest absolute Gasteiger partial charge is 0.463 e. The predicted octanol–water partition coefficient (Wildman–Crippen LogP) is 7.31. The van der Waals surface area contributed by atoms with Crippen molar-refractivity contribution < 1.29 is 4.42 Å². The van der Waals surface area contributed by atoms with Gasteiger partial charge in [0, 0.05) is 16.5 Å². The molecule has 132 valence electrons. The second kappa shape index (κ2) is 5.76. The van der Waals surface area contributed by atoms with Gasteiger partial charge in [0.25, 0.3) is 0 Å². The normalized spacial score (nSPS) is 12.8. The molecule has 3 rings (SSSR count). The molecule has 2 aromatic carbocycles. The van der Waals surface area contributed by atoms with E-state index in [1.807, 2.05) is 6.26 Å². The summed E-state index contributed by atoms with van der Waals surface area (Å²) >= 11 is 0. The second-order valence-corrected chi connectivity index (χ2v) is 9.43. The molecule has 0 fully saturated rings. The molecule has 0 aliphatic heterocycles. The van der Waals surface area contributed by atoms with Crippen LogP contribution in [-0.2, 0) is 10.8 Å². The molecule has 0 aliphatic carbocycles. The van der Waals surface area contributed by atoms with Gasteiger partial charge in [-0.3, -0.25) is 0 Å². The highest BCUT2D eigenvalue weighted by Crippen LogP contribution is 2.40. The molecular formula is C24H30O. The van der Waals surface area contributed by atoms with Crippen LogP contribution in [0.1, 0.15) is 63.8 Å². The van der Waals surface area contributed by atoms with E-state index in [9.17, 15) is 0 Å². The van der Waals surface area contributed by atoms with E-state index in [0.29, 0.717) is 0 Å². The van der Waals surface area contributed by atoms with Gasteiger partial charge in [0.15, 0.2) is 0 Å². The van der Waals surface area contributed by atoms with Crippen LogP contribution in [0.15, 0.2) is 41.0 Å². The van der Waals surface area contributed by atoms with Crippen molar-refractivity contribution in [2.75, 3.05) is 0 Å². The first kappa shape index (κ1) is 17.8. The third-order valence-electron chi connectivity index (χ3n) is 4.88. The number of fused-ring (bicyclic) bond motifs is 1. The fourth-order valence-electron chi connectivity index (χ4n) is 3.48. The van der Waals surface area contributed by atoms with E-state index in [4.69, 9.17) is 4.42 Å². The first-order valence-corrected chi connectivity index (χ1v) is 9.12. The van der Waals surface area contributed by atoms with E-state index < -0.39 is 0 Å². The summed E-state index contributed by atoms with van der Waals surface area (Å²) in [7, 11) is 0. The SMILES string of the molecule is Cc1cc(C)cc(-c2coc3c(C(C)(C)C)cc(C(C)(C)C)cc23)c1. The average molecular weight is 335 g/mol. The molecule has 1 heteroatoms. The van der Waals surface area contributed by atoms with Gasteiger partial charge < -0.3 is 4.42 Å². The number of hydrogen-bond donors (Lipinski definition) is 0. The van der Waals surface area contributed by atoms with Crippen LogP contribution in [0.5, 0.6) is 0 Å². The third-order valence-corrected chi connectivity index (χ3v) is 4.88. The van der Waals surface area contributed by atoms with Crippen molar-refractivity contribution in [3.05, 3.63) is 58.8 Å². The van der Waals surface area contributed by atoms with Gasteiger partial charge in [-0.15, -0.1) is 0 Å². The Labute approximate surface area is 152 Å². The summed E-state index contributed by atoms with van der Waals surface area (Å²) in [4.78, 5) is 0. The van der Waals surface area contributed by atoms with Crippen molar-refractivity contribution >= 4 is 11.0 Å². The summed E-state index contributed by atoms with van der Waals surface area (Å²) in [6, 6.07) is 11.4. The van der Waals surface area contributed by atoms with Gasteiger partial charge in [-0.1, -0.05) is 76.9 Å². The van der Waals surface area contributed by atoms with Gasteiger partial charge in [-0.05, 0) is 41.9 Å². The summed E-state index contributed by atoms with van der Waals surface area (Å²) in [6.45, 7) is 17.9. The van der Waals surface area contributed by atoms with Crippen LogP contribution in [0.25, 0.3) is 22.1 Å². The van der Waals surface area contributed by atoms with E-state index in [2.05, 4.69) is 85.7 Å². The minimum absolute atomic E-state index is 0.0388. The number of furan rings is 1. The summed E-state index contributed by atoms with van der Waals surface area (Å²) in [6.07, 6.45) is 1.93. The van der Waals surface area contributed by atoms with E-state index in [0.717, 1.165) is 5.58 Å². The van der Waals surface area contributed by atoms with Gasteiger partial charge in [-0.2, -0.15) is 0 Å². The quantitative estimate of drug-likeness (QED) is 0.454. The maximum Gasteiger partial charge on any atom is 0.138 e. The van der Waals surface area contributed by atoms with Crippen molar-refractivity contribution in [1.82, 2.24) is 0 Å². The van der Waals surface area contributed by atoms with Crippen molar-refractivity contribution in [1.29, 1.82) is 0 Å². The molecule has 25 heavy (non-hydrogen) atoms. The van der Waals surface area contributed by atoms with Crippen LogP contribution >= 0.6 is 0 Å². The molecule has 0 aliphatic rings. The molecule has 0 saturated heterocycles. The summed E-state index contributed by atoms with van der Waals surface area (Å²) in [5.74, 6) is 0. The van der Waals surface area contributed by atoms with Crippen molar-refractivity contribution in [2.24, 2.45) is 0 Å². The first-order chi connectivity index (χ1) is 11.5. The van der Waals surface area contributed by atoms with E-state index in [1.54, 1.807) is 0 Å². The molecule has 0 bridgehead atoms. The Kier molecular flexibility index (Phi) is 4.10. The molecule has 1 aromatic heterocycles. The number of benzene rings is 2. The fourth-order valence-corrected chi connectivity index (χ4v) is 3.48. The molecule has 0 radical (unpaired) electrons. The first-order valence-electron chi connectivity index (χ1n) is 9.12. The molecule has 0 saturated carbocycles. The van der Waals surface area contributed by atoms with Gasteiger partial charge in [0.05, 0.1) is 6.26 Å². The highest BCUT2D eigenvalue weighted by molar-refractivity contribution is 5.96. The van der Waals surface area contributed by atoms with Gasteiger partial charge >= 0.3 is 0 Å². The minimum Gasteiger partial charge on any atom is -0.463 e. The predicted molar refractivity (Wildman–Crippen MR) is 109 cm³/mol. The summed E-state index contributed by atoms with van der Waals surface area (Å²) < 4.78 is 6.11. The Balaban J connectivity index is 2.36. The molecule has 0 atom stereocenters. The Hall–Kier alpha value is -2.02. The lowest BCUT2D eigenvalue weighted by Crippen LogP contribution is -2.16. The van der Waals surface area contributed by atoms with Crippen LogP contribution in [0.2, 0.25) is 0 Å². The van der Waals surface area contributed by atoms with Gasteiger partial charge in [0.2, 0.25) is 0 Å². The highest BCUT2D eigenvalue weighted by Gasteiger charge is 2.25. The zero-order valence-corrected chi connectivity index (χ0v) is 16.9. The Morgan fingerprint density at radius 1 is 0.720 bits per heavy atom.